The number of rotatable bonds is 17. The minimum Gasteiger partial charge on any atom is -0.385 e. The monoisotopic (exact) mass is 1020 g/mol. The van der Waals surface area contributed by atoms with Crippen LogP contribution in [0.5, 0.6) is 0 Å². The molecule has 7 rings (SSSR count). The van der Waals surface area contributed by atoms with Gasteiger partial charge in [0.05, 0.1) is 28.2 Å². The number of nitrogens with zero attached hydrogens (tertiary/aromatic N) is 5. The maximum atomic E-state index is 14.1. The van der Waals surface area contributed by atoms with Gasteiger partial charge in [0, 0.05) is 43.3 Å². The van der Waals surface area contributed by atoms with E-state index in [1.54, 1.807) is 35.0 Å². The molecule has 3 atom stereocenters. The number of amides is 4. The van der Waals surface area contributed by atoms with Gasteiger partial charge in [-0.1, -0.05) is 82.3 Å². The fourth-order valence-corrected chi connectivity index (χ4v) is 10.3. The summed E-state index contributed by atoms with van der Waals surface area (Å²) in [7, 11) is 0. The van der Waals surface area contributed by atoms with E-state index in [1.165, 1.54) is 6.07 Å². The van der Waals surface area contributed by atoms with Crippen LogP contribution in [0.15, 0.2) is 96.5 Å². The van der Waals surface area contributed by atoms with E-state index < -0.39 is 52.3 Å². The molecule has 0 spiro atoms. The lowest BCUT2D eigenvalue weighted by molar-refractivity contribution is -0.144. The predicted octanol–water partition coefficient (Wildman–Crippen LogP) is 10.6. The zero-order valence-corrected chi connectivity index (χ0v) is 43.0. The Bertz CT molecular complexity index is 2840. The number of carbonyl (C=O) groups is 4. The third-order valence-electron chi connectivity index (χ3n) is 12.9. The Balaban J connectivity index is 0.841. The fourth-order valence-electron chi connectivity index (χ4n) is 8.97. The number of benzene rings is 4. The molecule has 0 bridgehead atoms. The fraction of sp³-hybridized carbons (Fsp3) is 0.389. The Morgan fingerprint density at radius 1 is 0.944 bits per heavy atom. The third kappa shape index (κ3) is 12.0. The zero-order chi connectivity index (χ0) is 52.1. The molecule has 2 saturated heterocycles. The highest BCUT2D eigenvalue weighted by Gasteiger charge is 2.51. The van der Waals surface area contributed by atoms with Crippen molar-refractivity contribution in [1.82, 2.24) is 20.5 Å². The number of ether oxygens (including phenoxy) is 1. The maximum absolute atomic E-state index is 14.1. The Labute approximate surface area is 428 Å². The van der Waals surface area contributed by atoms with E-state index in [2.05, 4.69) is 25.8 Å². The van der Waals surface area contributed by atoms with E-state index in [-0.39, 0.29) is 35.1 Å². The molecule has 0 radical (unpaired) electrons. The number of thiazole rings is 1. The van der Waals surface area contributed by atoms with Gasteiger partial charge in [0.25, 0.3) is 5.91 Å². The number of unbranched alkanes of at least 4 members (excludes halogenated alkanes) is 1. The second-order valence-electron chi connectivity index (χ2n) is 19.8. The first-order chi connectivity index (χ1) is 34.1. The van der Waals surface area contributed by atoms with Gasteiger partial charge in [0.1, 0.15) is 24.2 Å². The van der Waals surface area contributed by atoms with E-state index >= 15 is 0 Å². The summed E-state index contributed by atoms with van der Waals surface area (Å²) in [6.07, 6.45) is -2.80. The van der Waals surface area contributed by atoms with Crippen LogP contribution < -0.4 is 25.8 Å². The molecule has 2 aliphatic heterocycles. The van der Waals surface area contributed by atoms with Crippen LogP contribution in [0.25, 0.3) is 26.4 Å². The van der Waals surface area contributed by atoms with Crippen molar-refractivity contribution in [3.05, 3.63) is 125 Å². The number of carbonyl (C=O) groups excluding carboxylic acids is 4. The van der Waals surface area contributed by atoms with Crippen LogP contribution in [0.4, 0.5) is 35.9 Å². The average Bonchev–Trinajstić information content (AvgIpc) is 4.01. The lowest BCUT2D eigenvalue weighted by Crippen LogP contribution is -2.58. The molecule has 4 aromatic carbocycles. The van der Waals surface area contributed by atoms with Gasteiger partial charge in [-0.25, -0.2) is 9.83 Å². The summed E-state index contributed by atoms with van der Waals surface area (Å²) in [4.78, 5) is 67.2. The van der Waals surface area contributed by atoms with Crippen molar-refractivity contribution >= 4 is 75.0 Å². The number of anilines is 3. The second kappa shape index (κ2) is 22.0. The number of likely N-dealkylation sites (tertiary alicyclic amines) is 1. The number of alkyl halides is 3. The molecule has 72 heavy (non-hydrogen) atoms. The Hall–Kier alpha value is -6.68. The Morgan fingerprint density at radius 3 is 2.19 bits per heavy atom. The van der Waals surface area contributed by atoms with Crippen LogP contribution in [0.3, 0.4) is 0 Å². The molecule has 1 aromatic heterocycles. The standard InChI is InChI=1S/C54H59F3N8O5S2/c1-33-27-44(48(67)60-29-35-11-13-38(14-12-35)46-34(2)61-32-72-46)63(30-33)49(68)47(52(3,4)5)62-45(66)31-70-26-10-9-25-59-39-19-15-36(16-20-39)37-17-21-40(22-18-37)65-51(71)64(50(69)53(65,6)7)41-23-24-43(58-8)42(28-41)54(55,56)57/h11-24,28,32-33,44,47,59H,9-10,25-27,29-31H2,1-7H3,(H,60,67)(H,62,66)/t33-,44+,47-/m1/s1. The lowest BCUT2D eigenvalue weighted by Gasteiger charge is -2.35. The van der Waals surface area contributed by atoms with Crippen molar-refractivity contribution < 1.29 is 37.1 Å². The number of nitrogens with one attached hydrogen (secondary N) is 3. The minimum absolute atomic E-state index is 0.0230. The molecule has 2 aliphatic rings. The van der Waals surface area contributed by atoms with Crippen molar-refractivity contribution in [2.24, 2.45) is 11.3 Å². The molecule has 378 valence electrons. The smallest absolute Gasteiger partial charge is 0.385 e. The topological polar surface area (TPSA) is 141 Å². The van der Waals surface area contributed by atoms with Crippen molar-refractivity contribution in [1.29, 1.82) is 0 Å². The molecule has 0 unspecified atom stereocenters. The number of aromatic nitrogens is 1. The molecular weight excluding hydrogens is 962 g/mol. The molecule has 5 aromatic rings. The summed E-state index contributed by atoms with van der Waals surface area (Å²) >= 11 is 7.27. The number of thiocarbonyl (C=S) groups is 1. The largest absolute Gasteiger partial charge is 0.407 e. The lowest BCUT2D eigenvalue weighted by atomic mass is 9.85. The van der Waals surface area contributed by atoms with Gasteiger partial charge in [-0.15, -0.1) is 11.3 Å². The van der Waals surface area contributed by atoms with Gasteiger partial charge in [0.15, 0.2) is 10.8 Å². The van der Waals surface area contributed by atoms with Crippen molar-refractivity contribution in [3.8, 4) is 21.6 Å². The second-order valence-corrected chi connectivity index (χ2v) is 21.1. The predicted molar refractivity (Wildman–Crippen MR) is 280 cm³/mol. The Kier molecular flexibility index (Phi) is 16.2. The minimum atomic E-state index is -4.79. The van der Waals surface area contributed by atoms with E-state index in [4.69, 9.17) is 23.5 Å². The van der Waals surface area contributed by atoms with Gasteiger partial charge in [-0.3, -0.25) is 24.1 Å². The van der Waals surface area contributed by atoms with Crippen LogP contribution in [0, 0.1) is 24.8 Å². The summed E-state index contributed by atoms with van der Waals surface area (Å²) < 4.78 is 47.1. The summed E-state index contributed by atoms with van der Waals surface area (Å²) in [6.45, 7) is 21.7. The number of halogens is 3. The van der Waals surface area contributed by atoms with Crippen LogP contribution >= 0.6 is 23.6 Å². The maximum Gasteiger partial charge on any atom is 0.407 e. The summed E-state index contributed by atoms with van der Waals surface area (Å²) in [5, 5.41) is 9.36. The molecule has 0 saturated carbocycles. The number of hydrogen-bond acceptors (Lipinski definition) is 9. The highest BCUT2D eigenvalue weighted by molar-refractivity contribution is 7.81. The highest BCUT2D eigenvalue weighted by Crippen LogP contribution is 2.42. The van der Waals surface area contributed by atoms with Gasteiger partial charge >= 0.3 is 6.18 Å². The number of hydrogen-bond donors (Lipinski definition) is 3. The van der Waals surface area contributed by atoms with Crippen molar-refractivity contribution in [2.75, 3.05) is 41.4 Å². The van der Waals surface area contributed by atoms with Crippen molar-refractivity contribution in [3.63, 3.8) is 0 Å². The summed E-state index contributed by atoms with van der Waals surface area (Å²) in [6, 6.07) is 24.9. The molecule has 0 aliphatic carbocycles. The Morgan fingerprint density at radius 2 is 1.58 bits per heavy atom. The van der Waals surface area contributed by atoms with Crippen LogP contribution in [0.2, 0.25) is 0 Å². The van der Waals surface area contributed by atoms with E-state index in [9.17, 15) is 32.3 Å². The van der Waals surface area contributed by atoms with Crippen LogP contribution in [-0.4, -0.2) is 82.6 Å². The third-order valence-corrected chi connectivity index (χ3v) is 14.2. The van der Waals surface area contributed by atoms with Gasteiger partial charge in [-0.2, -0.15) is 13.2 Å². The summed E-state index contributed by atoms with van der Waals surface area (Å²) in [5.74, 6) is -1.30. The molecule has 3 heterocycles. The van der Waals surface area contributed by atoms with E-state index in [0.717, 1.165) is 62.0 Å². The first-order valence-corrected chi connectivity index (χ1v) is 25.0. The van der Waals surface area contributed by atoms with Crippen LogP contribution in [-0.2, 0) is 36.6 Å². The van der Waals surface area contributed by atoms with Crippen molar-refractivity contribution in [2.45, 2.75) is 98.1 Å². The molecule has 3 N–H and O–H groups in total. The molecular formula is C54H59F3N8O5S2. The average molecular weight is 1020 g/mol. The molecule has 4 amide bonds. The van der Waals surface area contributed by atoms with Crippen LogP contribution in [0.1, 0.15) is 77.6 Å². The molecule has 18 heteroatoms. The normalized spacial score (nSPS) is 17.2. The molecule has 13 nitrogen and oxygen atoms in total. The highest BCUT2D eigenvalue weighted by atomic mass is 32.1. The van der Waals surface area contributed by atoms with Gasteiger partial charge in [0.2, 0.25) is 17.7 Å². The van der Waals surface area contributed by atoms with E-state index in [1.807, 2.05) is 113 Å². The first kappa shape index (κ1) is 53.1. The zero-order valence-electron chi connectivity index (χ0n) is 41.4. The SMILES string of the molecule is [C-]#[N+]c1ccc(N2C(=O)C(C)(C)N(c3ccc(-c4ccc(NCCCCOCC(=O)N[C@H](C(=O)N5C[C@H](C)C[C@H]5C(=O)NCc5ccc(-c6scnc6C)cc5)C(C)(C)C)cc4)cc3)C2=S)cc1C(F)(F)F. The van der Waals surface area contributed by atoms with Gasteiger partial charge in [-0.05, 0) is 122 Å². The van der Waals surface area contributed by atoms with Gasteiger partial charge < -0.3 is 30.5 Å². The number of aryl methyl sites for hydroxylation is 1. The first-order valence-electron chi connectivity index (χ1n) is 23.7. The van der Waals surface area contributed by atoms with E-state index in [0.29, 0.717) is 44.8 Å². The molecule has 2 fully saturated rings. The quantitative estimate of drug-likeness (QED) is 0.0472. The summed E-state index contributed by atoms with van der Waals surface area (Å²) in [5.41, 5.74) is 4.55.